The van der Waals surface area contributed by atoms with Crippen molar-refractivity contribution >= 4 is 15.9 Å². The standard InChI is InChI=1S/C11H13BrO2/c12-8-2-3-9(10(14)6-8)11(7-13)4-1-5-11/h2-3,6,13-14H,1,4-5,7H2. The summed E-state index contributed by atoms with van der Waals surface area (Å²) in [7, 11) is 0. The molecule has 0 aliphatic heterocycles. The van der Waals surface area contributed by atoms with Crippen LogP contribution in [0.25, 0.3) is 0 Å². The van der Waals surface area contributed by atoms with Gasteiger partial charge in [-0.15, -0.1) is 0 Å². The largest absolute Gasteiger partial charge is 0.508 e. The lowest BCUT2D eigenvalue weighted by Gasteiger charge is -2.41. The van der Waals surface area contributed by atoms with E-state index in [1.165, 1.54) is 0 Å². The van der Waals surface area contributed by atoms with Crippen molar-refractivity contribution in [2.45, 2.75) is 24.7 Å². The van der Waals surface area contributed by atoms with E-state index < -0.39 is 0 Å². The van der Waals surface area contributed by atoms with E-state index in [4.69, 9.17) is 0 Å². The third-order valence-electron chi connectivity index (χ3n) is 3.14. The topological polar surface area (TPSA) is 40.5 Å². The lowest BCUT2D eigenvalue weighted by molar-refractivity contribution is 0.117. The average Bonchev–Trinajstić information content (AvgIpc) is 2.07. The SMILES string of the molecule is OCC1(c2ccc(Br)cc2O)CCC1. The molecule has 0 saturated heterocycles. The Morgan fingerprint density at radius 2 is 2.07 bits per heavy atom. The maximum atomic E-state index is 9.78. The van der Waals surface area contributed by atoms with Crippen molar-refractivity contribution in [3.8, 4) is 5.75 Å². The summed E-state index contributed by atoms with van der Waals surface area (Å²) in [6, 6.07) is 5.49. The highest BCUT2D eigenvalue weighted by atomic mass is 79.9. The zero-order valence-electron chi connectivity index (χ0n) is 7.83. The number of phenols is 1. The van der Waals surface area contributed by atoms with Crippen LogP contribution in [-0.4, -0.2) is 16.8 Å². The third-order valence-corrected chi connectivity index (χ3v) is 3.64. The predicted octanol–water partition coefficient (Wildman–Crippen LogP) is 2.57. The van der Waals surface area contributed by atoms with Gasteiger partial charge < -0.3 is 10.2 Å². The van der Waals surface area contributed by atoms with E-state index in [1.807, 2.05) is 12.1 Å². The molecule has 0 bridgehead atoms. The molecule has 3 heteroatoms. The first kappa shape index (κ1) is 9.99. The highest BCUT2D eigenvalue weighted by Gasteiger charge is 2.39. The Morgan fingerprint density at radius 3 is 2.50 bits per heavy atom. The first-order valence-electron chi connectivity index (χ1n) is 4.78. The summed E-state index contributed by atoms with van der Waals surface area (Å²) in [5.41, 5.74) is 0.708. The maximum absolute atomic E-state index is 9.78. The van der Waals surface area contributed by atoms with Crippen molar-refractivity contribution in [1.82, 2.24) is 0 Å². The minimum absolute atomic E-state index is 0.127. The van der Waals surface area contributed by atoms with Crippen LogP contribution in [0.1, 0.15) is 24.8 Å². The van der Waals surface area contributed by atoms with Crippen LogP contribution in [0.3, 0.4) is 0 Å². The second kappa shape index (κ2) is 3.55. The number of halogens is 1. The Balaban J connectivity index is 2.40. The molecule has 2 nitrogen and oxygen atoms in total. The summed E-state index contributed by atoms with van der Waals surface area (Å²) in [6.07, 6.45) is 3.08. The van der Waals surface area contributed by atoms with E-state index in [-0.39, 0.29) is 17.8 Å². The van der Waals surface area contributed by atoms with E-state index >= 15 is 0 Å². The van der Waals surface area contributed by atoms with Gasteiger partial charge in [0.2, 0.25) is 0 Å². The molecule has 0 radical (unpaired) electrons. The van der Waals surface area contributed by atoms with Crippen LogP contribution in [0.5, 0.6) is 5.75 Å². The second-order valence-corrected chi connectivity index (χ2v) is 4.87. The molecule has 1 fully saturated rings. The van der Waals surface area contributed by atoms with E-state index in [9.17, 15) is 10.2 Å². The number of aliphatic hydroxyl groups excluding tert-OH is 1. The van der Waals surface area contributed by atoms with Gasteiger partial charge >= 0.3 is 0 Å². The molecule has 1 aromatic carbocycles. The Bertz CT molecular complexity index is 340. The van der Waals surface area contributed by atoms with Crippen LogP contribution >= 0.6 is 15.9 Å². The van der Waals surface area contributed by atoms with Gasteiger partial charge in [-0.05, 0) is 25.0 Å². The fraction of sp³-hybridized carbons (Fsp3) is 0.455. The van der Waals surface area contributed by atoms with Crippen molar-refractivity contribution in [3.05, 3.63) is 28.2 Å². The maximum Gasteiger partial charge on any atom is 0.120 e. The van der Waals surface area contributed by atoms with Crippen LogP contribution in [0.4, 0.5) is 0 Å². The first-order chi connectivity index (χ1) is 6.68. The smallest absolute Gasteiger partial charge is 0.120 e. The normalized spacial score (nSPS) is 19.0. The number of hydrogen-bond donors (Lipinski definition) is 2. The van der Waals surface area contributed by atoms with Gasteiger partial charge in [-0.3, -0.25) is 0 Å². The number of rotatable bonds is 2. The van der Waals surface area contributed by atoms with Gasteiger partial charge in [0.15, 0.2) is 0 Å². The molecule has 0 unspecified atom stereocenters. The van der Waals surface area contributed by atoms with Gasteiger partial charge in [0.25, 0.3) is 0 Å². The molecular weight excluding hydrogens is 244 g/mol. The van der Waals surface area contributed by atoms with Gasteiger partial charge in [0.1, 0.15) is 5.75 Å². The van der Waals surface area contributed by atoms with Gasteiger partial charge in [-0.25, -0.2) is 0 Å². The summed E-state index contributed by atoms with van der Waals surface area (Å²) < 4.78 is 0.867. The van der Waals surface area contributed by atoms with Crippen LogP contribution in [0.2, 0.25) is 0 Å². The number of benzene rings is 1. The number of hydrogen-bond acceptors (Lipinski definition) is 2. The molecule has 1 aliphatic rings. The molecule has 1 aromatic rings. The van der Waals surface area contributed by atoms with E-state index in [0.29, 0.717) is 0 Å². The van der Waals surface area contributed by atoms with Crippen molar-refractivity contribution in [1.29, 1.82) is 0 Å². The molecule has 14 heavy (non-hydrogen) atoms. The highest BCUT2D eigenvalue weighted by Crippen LogP contribution is 2.46. The second-order valence-electron chi connectivity index (χ2n) is 3.95. The molecule has 0 aromatic heterocycles. The zero-order chi connectivity index (χ0) is 10.2. The minimum Gasteiger partial charge on any atom is -0.508 e. The fourth-order valence-corrected chi connectivity index (χ4v) is 2.42. The number of aliphatic hydroxyl groups is 1. The molecule has 0 spiro atoms. The van der Waals surface area contributed by atoms with Crippen LogP contribution in [0, 0.1) is 0 Å². The lowest BCUT2D eigenvalue weighted by atomic mass is 9.65. The summed E-state index contributed by atoms with van der Waals surface area (Å²) in [5, 5.41) is 19.1. The van der Waals surface area contributed by atoms with Crippen LogP contribution in [-0.2, 0) is 5.41 Å². The minimum atomic E-state index is -0.176. The van der Waals surface area contributed by atoms with Crippen LogP contribution < -0.4 is 0 Å². The number of phenolic OH excluding ortho intramolecular Hbond substituents is 1. The van der Waals surface area contributed by atoms with Crippen molar-refractivity contribution < 1.29 is 10.2 Å². The Hall–Kier alpha value is -0.540. The zero-order valence-corrected chi connectivity index (χ0v) is 9.42. The third kappa shape index (κ3) is 1.44. The predicted molar refractivity (Wildman–Crippen MR) is 58.4 cm³/mol. The fourth-order valence-electron chi connectivity index (χ4n) is 2.07. The summed E-state index contributed by atoms with van der Waals surface area (Å²) >= 11 is 3.30. The lowest BCUT2D eigenvalue weighted by Crippen LogP contribution is -2.37. The molecule has 2 N–H and O–H groups in total. The molecule has 0 atom stereocenters. The number of aromatic hydroxyl groups is 1. The molecule has 76 valence electrons. The quantitative estimate of drug-likeness (QED) is 0.854. The molecule has 1 saturated carbocycles. The molecule has 2 rings (SSSR count). The summed E-state index contributed by atoms with van der Waals surface area (Å²) in [4.78, 5) is 0. The van der Waals surface area contributed by atoms with E-state index in [1.54, 1.807) is 6.07 Å². The highest BCUT2D eigenvalue weighted by molar-refractivity contribution is 9.10. The van der Waals surface area contributed by atoms with Crippen molar-refractivity contribution in [2.75, 3.05) is 6.61 Å². The Morgan fingerprint density at radius 1 is 1.36 bits per heavy atom. The van der Waals surface area contributed by atoms with Crippen LogP contribution in [0.15, 0.2) is 22.7 Å². The average molecular weight is 257 g/mol. The molecular formula is C11H13BrO2. The van der Waals surface area contributed by atoms with E-state index in [0.717, 1.165) is 29.3 Å². The van der Waals surface area contributed by atoms with Gasteiger partial charge in [0, 0.05) is 15.5 Å². The first-order valence-corrected chi connectivity index (χ1v) is 5.57. The summed E-state index contributed by atoms with van der Waals surface area (Å²) in [6.45, 7) is 0.127. The molecule has 1 aliphatic carbocycles. The Labute approximate surface area is 91.7 Å². The monoisotopic (exact) mass is 256 g/mol. The summed E-state index contributed by atoms with van der Waals surface area (Å²) in [5.74, 6) is 0.285. The Kier molecular flexibility index (Phi) is 2.54. The van der Waals surface area contributed by atoms with Gasteiger partial charge in [-0.2, -0.15) is 0 Å². The molecule has 0 amide bonds. The van der Waals surface area contributed by atoms with Crippen molar-refractivity contribution in [3.63, 3.8) is 0 Å². The van der Waals surface area contributed by atoms with Crippen molar-refractivity contribution in [2.24, 2.45) is 0 Å². The van der Waals surface area contributed by atoms with Gasteiger partial charge in [-0.1, -0.05) is 28.4 Å². The molecule has 0 heterocycles. The van der Waals surface area contributed by atoms with E-state index in [2.05, 4.69) is 15.9 Å². The van der Waals surface area contributed by atoms with Gasteiger partial charge in [0.05, 0.1) is 6.61 Å².